The van der Waals surface area contributed by atoms with Crippen molar-refractivity contribution in [2.45, 2.75) is 13.8 Å². The normalized spacial score (nSPS) is 9.38. The Bertz CT molecular complexity index is 562. The molecule has 1 aromatic carbocycles. The van der Waals surface area contributed by atoms with Crippen LogP contribution in [0.15, 0.2) is 29.2 Å². The number of nitrogens with zero attached hydrogens (tertiary/aromatic N) is 2. The summed E-state index contributed by atoms with van der Waals surface area (Å²) in [6.45, 7) is 4.00. The van der Waals surface area contributed by atoms with Crippen LogP contribution in [-0.2, 0) is 0 Å². The summed E-state index contributed by atoms with van der Waals surface area (Å²) in [6, 6.07) is 4.09. The summed E-state index contributed by atoms with van der Waals surface area (Å²) in [6.07, 6.45) is 1.09. The van der Waals surface area contributed by atoms with Crippen molar-refractivity contribution >= 4 is 16.7 Å². The van der Waals surface area contributed by atoms with Crippen LogP contribution in [0.2, 0.25) is 0 Å². The molecule has 2 rings (SSSR count). The molecule has 0 bridgehead atoms. The fourth-order valence-corrected chi connectivity index (χ4v) is 1.14. The van der Waals surface area contributed by atoms with Gasteiger partial charge in [0.05, 0.1) is 22.2 Å². The largest absolute Gasteiger partial charge is 0.319 e. The molecular weight excluding hydrogens is 210 g/mol. The Labute approximate surface area is 91.1 Å². The van der Waals surface area contributed by atoms with Gasteiger partial charge in [-0.3, -0.25) is 14.9 Å². The Morgan fingerprint density at radius 3 is 2.69 bits per heavy atom. The van der Waals surface area contributed by atoms with Crippen LogP contribution in [0.5, 0.6) is 0 Å². The Morgan fingerprint density at radius 1 is 1.38 bits per heavy atom. The van der Waals surface area contributed by atoms with E-state index in [9.17, 15) is 14.9 Å². The zero-order valence-electron chi connectivity index (χ0n) is 8.93. The number of benzene rings is 1. The van der Waals surface area contributed by atoms with Crippen LogP contribution in [0.4, 0.5) is 5.69 Å². The van der Waals surface area contributed by atoms with Crippen molar-refractivity contribution < 1.29 is 4.92 Å². The lowest BCUT2D eigenvalue weighted by atomic mass is 10.3. The fraction of sp³-hybridized carbons (Fsp3) is 0.200. The minimum absolute atomic E-state index is 0.0444. The van der Waals surface area contributed by atoms with Gasteiger partial charge in [-0.15, -0.1) is 0 Å². The lowest BCUT2D eigenvalue weighted by Crippen LogP contribution is -2.04. The van der Waals surface area contributed by atoms with Crippen molar-refractivity contribution in [2.75, 3.05) is 0 Å². The summed E-state index contributed by atoms with van der Waals surface area (Å²) < 4.78 is 0. The average Bonchev–Trinajstić information content (AvgIpc) is 2.30. The molecule has 0 amide bonds. The van der Waals surface area contributed by atoms with E-state index in [0.717, 1.165) is 6.20 Å². The fourth-order valence-electron chi connectivity index (χ4n) is 1.14. The molecule has 0 atom stereocenters. The van der Waals surface area contributed by atoms with E-state index in [1.54, 1.807) is 0 Å². The number of aromatic nitrogens is 2. The number of nitrogens with one attached hydrogen (secondary N) is 1. The Kier molecular flexibility index (Phi) is 3.71. The lowest BCUT2D eigenvalue weighted by molar-refractivity contribution is -0.384. The summed E-state index contributed by atoms with van der Waals surface area (Å²) in [5, 5.41) is 10.4. The third-order valence-corrected chi connectivity index (χ3v) is 1.77. The standard InChI is InChI=1S/C8H5N3O3.C2H6/c12-8-4-9-7-3-5(11(13)14)1-2-6(7)10-8;1-2/h1-4H,(H,10,12);1-2H3. The second-order valence-electron chi connectivity index (χ2n) is 2.71. The van der Waals surface area contributed by atoms with Crippen molar-refractivity contribution in [1.82, 2.24) is 9.97 Å². The molecule has 0 aliphatic rings. The summed E-state index contributed by atoms with van der Waals surface area (Å²) in [5.74, 6) is 0. The predicted octanol–water partition coefficient (Wildman–Crippen LogP) is 1.86. The van der Waals surface area contributed by atoms with E-state index < -0.39 is 4.92 Å². The van der Waals surface area contributed by atoms with Gasteiger partial charge in [-0.05, 0) is 6.07 Å². The molecular formula is C10H11N3O3. The summed E-state index contributed by atoms with van der Waals surface area (Å²) in [5.41, 5.74) is 0.519. The summed E-state index contributed by atoms with van der Waals surface area (Å²) in [4.78, 5) is 27.1. The van der Waals surface area contributed by atoms with Crippen LogP contribution in [0, 0.1) is 10.1 Å². The van der Waals surface area contributed by atoms with Crippen molar-refractivity contribution in [3.05, 3.63) is 44.9 Å². The van der Waals surface area contributed by atoms with E-state index in [-0.39, 0.29) is 11.2 Å². The predicted molar refractivity (Wildman–Crippen MR) is 60.4 cm³/mol. The highest BCUT2D eigenvalue weighted by molar-refractivity contribution is 5.76. The van der Waals surface area contributed by atoms with Gasteiger partial charge in [-0.1, -0.05) is 13.8 Å². The number of aromatic amines is 1. The van der Waals surface area contributed by atoms with Crippen LogP contribution in [0.25, 0.3) is 11.0 Å². The van der Waals surface area contributed by atoms with Crippen LogP contribution >= 0.6 is 0 Å². The van der Waals surface area contributed by atoms with E-state index in [0.29, 0.717) is 11.0 Å². The molecule has 0 aliphatic heterocycles. The van der Waals surface area contributed by atoms with Gasteiger partial charge < -0.3 is 4.98 Å². The highest BCUT2D eigenvalue weighted by Crippen LogP contribution is 2.15. The summed E-state index contributed by atoms with van der Waals surface area (Å²) in [7, 11) is 0. The maximum atomic E-state index is 10.9. The SMILES string of the molecule is CC.O=c1cnc2cc([N+](=O)[O-])ccc2[nH]1. The highest BCUT2D eigenvalue weighted by Gasteiger charge is 2.06. The molecule has 16 heavy (non-hydrogen) atoms. The second kappa shape index (κ2) is 5.01. The number of nitro groups is 1. The van der Waals surface area contributed by atoms with Gasteiger partial charge >= 0.3 is 0 Å². The van der Waals surface area contributed by atoms with Crippen molar-refractivity contribution in [3.63, 3.8) is 0 Å². The molecule has 0 saturated heterocycles. The van der Waals surface area contributed by atoms with Crippen molar-refractivity contribution in [2.24, 2.45) is 0 Å². The molecule has 0 saturated carbocycles. The van der Waals surface area contributed by atoms with Gasteiger partial charge in [-0.25, -0.2) is 4.98 Å². The van der Waals surface area contributed by atoms with E-state index >= 15 is 0 Å². The third-order valence-electron chi connectivity index (χ3n) is 1.77. The molecule has 0 unspecified atom stereocenters. The van der Waals surface area contributed by atoms with E-state index in [2.05, 4.69) is 9.97 Å². The van der Waals surface area contributed by atoms with Gasteiger partial charge in [0.25, 0.3) is 11.2 Å². The Morgan fingerprint density at radius 2 is 2.06 bits per heavy atom. The molecule has 0 spiro atoms. The Hall–Kier alpha value is -2.24. The second-order valence-corrected chi connectivity index (χ2v) is 2.71. The molecule has 1 aromatic heterocycles. The average molecular weight is 221 g/mol. The van der Waals surface area contributed by atoms with Gasteiger partial charge in [-0.2, -0.15) is 0 Å². The molecule has 0 aliphatic carbocycles. The first kappa shape index (κ1) is 11.8. The highest BCUT2D eigenvalue weighted by atomic mass is 16.6. The van der Waals surface area contributed by atoms with Gasteiger partial charge in [0.2, 0.25) is 0 Å². The number of hydrogen-bond acceptors (Lipinski definition) is 4. The number of hydrogen-bond donors (Lipinski definition) is 1. The monoisotopic (exact) mass is 221 g/mol. The minimum Gasteiger partial charge on any atom is -0.319 e. The first-order valence-corrected chi connectivity index (χ1v) is 4.80. The third kappa shape index (κ3) is 2.41. The first-order valence-electron chi connectivity index (χ1n) is 4.80. The van der Waals surface area contributed by atoms with Crippen molar-refractivity contribution in [1.29, 1.82) is 0 Å². The smallest absolute Gasteiger partial charge is 0.271 e. The molecule has 1 N–H and O–H groups in total. The molecule has 6 nitrogen and oxygen atoms in total. The quantitative estimate of drug-likeness (QED) is 0.587. The molecule has 2 aromatic rings. The van der Waals surface area contributed by atoms with Crippen LogP contribution < -0.4 is 5.56 Å². The number of nitro benzene ring substituents is 1. The maximum Gasteiger partial charge on any atom is 0.271 e. The number of rotatable bonds is 1. The lowest BCUT2D eigenvalue weighted by Gasteiger charge is -1.95. The minimum atomic E-state index is -0.508. The van der Waals surface area contributed by atoms with Crippen LogP contribution in [-0.4, -0.2) is 14.9 Å². The zero-order valence-corrected chi connectivity index (χ0v) is 8.93. The van der Waals surface area contributed by atoms with Gasteiger partial charge in [0, 0.05) is 12.1 Å². The van der Waals surface area contributed by atoms with E-state index in [1.165, 1.54) is 18.2 Å². The van der Waals surface area contributed by atoms with E-state index in [4.69, 9.17) is 0 Å². The molecule has 0 radical (unpaired) electrons. The maximum absolute atomic E-state index is 10.9. The van der Waals surface area contributed by atoms with Crippen LogP contribution in [0.3, 0.4) is 0 Å². The number of non-ortho nitro benzene ring substituents is 1. The van der Waals surface area contributed by atoms with E-state index in [1.807, 2.05) is 13.8 Å². The first-order chi connectivity index (χ1) is 7.66. The topological polar surface area (TPSA) is 88.9 Å². The molecule has 6 heteroatoms. The van der Waals surface area contributed by atoms with Gasteiger partial charge in [0.15, 0.2) is 0 Å². The zero-order chi connectivity index (χ0) is 12.1. The molecule has 1 heterocycles. The number of H-pyrrole nitrogens is 1. The summed E-state index contributed by atoms with van der Waals surface area (Å²) >= 11 is 0. The molecule has 84 valence electrons. The van der Waals surface area contributed by atoms with Gasteiger partial charge in [0.1, 0.15) is 0 Å². The van der Waals surface area contributed by atoms with Crippen LogP contribution in [0.1, 0.15) is 13.8 Å². The van der Waals surface area contributed by atoms with Crippen molar-refractivity contribution in [3.8, 4) is 0 Å². The Balaban J connectivity index is 0.000000606. The molecule has 0 fully saturated rings. The number of fused-ring (bicyclic) bond motifs is 1.